The van der Waals surface area contributed by atoms with E-state index in [1.54, 1.807) is 0 Å². The first-order valence-corrected chi connectivity index (χ1v) is 16.7. The molecule has 2 unspecified atom stereocenters. The Balaban J connectivity index is 1.20. The molecule has 0 spiro atoms. The molecule has 0 saturated carbocycles. The van der Waals surface area contributed by atoms with E-state index in [0.717, 1.165) is 37.1 Å². The highest BCUT2D eigenvalue weighted by molar-refractivity contribution is 6.12. The van der Waals surface area contributed by atoms with Crippen molar-refractivity contribution in [3.63, 3.8) is 0 Å². The fourth-order valence-corrected chi connectivity index (χ4v) is 8.23. The Morgan fingerprint density at radius 3 is 2.54 bits per heavy atom. The lowest BCUT2D eigenvalue weighted by atomic mass is 9.79. The fraction of sp³-hybridized carbons (Fsp3) is 0.214. The number of para-hydroxylation sites is 1. The predicted octanol–water partition coefficient (Wildman–Crippen LogP) is 9.42. The van der Waals surface area contributed by atoms with Crippen LogP contribution < -0.4 is 10.6 Å². The molecule has 1 aliphatic heterocycles. The minimum absolute atomic E-state index is 0.0756. The number of allylic oxidation sites excluding steroid dienone is 7. The Labute approximate surface area is 270 Å². The minimum Gasteiger partial charge on any atom is -0.350 e. The maximum absolute atomic E-state index is 5.17. The summed E-state index contributed by atoms with van der Waals surface area (Å²) in [5.41, 5.74) is 13.2. The Morgan fingerprint density at radius 2 is 1.67 bits per heavy atom. The molecule has 2 N–H and O–H groups in total. The van der Waals surface area contributed by atoms with E-state index in [9.17, 15) is 0 Å². The van der Waals surface area contributed by atoms with E-state index in [2.05, 4.69) is 150 Å². The molecular weight excluding hydrogens is 560 g/mol. The van der Waals surface area contributed by atoms with Crippen molar-refractivity contribution in [2.75, 3.05) is 0 Å². The Hall–Kier alpha value is -4.93. The normalized spacial score (nSPS) is 21.6. The van der Waals surface area contributed by atoms with E-state index in [4.69, 9.17) is 4.99 Å². The van der Waals surface area contributed by atoms with Crippen LogP contribution in [0.1, 0.15) is 68.0 Å². The zero-order valence-corrected chi connectivity index (χ0v) is 26.4. The number of aliphatic imine (C=N–C) groups is 1. The van der Waals surface area contributed by atoms with Gasteiger partial charge in [-0.05, 0) is 77.3 Å². The molecular formula is C42H38N4. The summed E-state index contributed by atoms with van der Waals surface area (Å²) in [4.78, 5) is 5.17. The number of fused-ring (bicyclic) bond motifs is 6. The van der Waals surface area contributed by atoms with Crippen molar-refractivity contribution >= 4 is 33.2 Å². The van der Waals surface area contributed by atoms with Gasteiger partial charge in [-0.2, -0.15) is 0 Å². The highest BCUT2D eigenvalue weighted by atomic mass is 15.3. The molecule has 0 fully saturated rings. The van der Waals surface area contributed by atoms with Crippen molar-refractivity contribution in [3.8, 4) is 5.69 Å². The molecule has 0 saturated heterocycles. The van der Waals surface area contributed by atoms with Crippen LogP contribution in [0.5, 0.6) is 0 Å². The van der Waals surface area contributed by atoms with Crippen molar-refractivity contribution in [2.45, 2.75) is 57.3 Å². The number of hydrogen-bond acceptors (Lipinski definition) is 3. The quantitative estimate of drug-likeness (QED) is 0.216. The van der Waals surface area contributed by atoms with Crippen LogP contribution in [-0.4, -0.2) is 16.6 Å². The highest BCUT2D eigenvalue weighted by Crippen LogP contribution is 2.53. The molecule has 4 nitrogen and oxygen atoms in total. The fourth-order valence-electron chi connectivity index (χ4n) is 8.23. The number of amidine groups is 1. The standard InChI is InChI=1S/C42H38N4/c1-42(2)35-22-11-9-20-31(35)33-24-25-34-32-21-10-12-23-36(32)46(38(34)37(33)42)30-19-13-18-29(26-30)41-44-39(27-14-5-3-6-15-27)43-40(45-41)28-16-7-4-8-17-28/h3-7,10-16,18-19,21-26,40-41,45H,8-9,17,20H2,1-2H3,(H,43,44). The van der Waals surface area contributed by atoms with Gasteiger partial charge in [0.2, 0.25) is 0 Å². The predicted molar refractivity (Wildman–Crippen MR) is 191 cm³/mol. The second-order valence-corrected chi connectivity index (χ2v) is 13.5. The summed E-state index contributed by atoms with van der Waals surface area (Å²) in [6.07, 6.45) is 15.5. The smallest absolute Gasteiger partial charge is 0.131 e. The van der Waals surface area contributed by atoms with Crippen molar-refractivity contribution in [1.29, 1.82) is 0 Å². The largest absolute Gasteiger partial charge is 0.350 e. The number of hydrogen-bond donors (Lipinski definition) is 2. The van der Waals surface area contributed by atoms with Crippen LogP contribution in [0.15, 0.2) is 138 Å². The van der Waals surface area contributed by atoms with Crippen molar-refractivity contribution < 1.29 is 0 Å². The molecule has 0 amide bonds. The SMILES string of the molecule is CC1(C)C2=C(CCC=C2)c2ccc3c4ccccc4n(-c4cccc(C5NC(c6ccccc6)=NC(C6=CC=CCC6)N5)c4)c3c21. The number of benzene rings is 4. The van der Waals surface area contributed by atoms with Crippen LogP contribution >= 0.6 is 0 Å². The van der Waals surface area contributed by atoms with E-state index >= 15 is 0 Å². The van der Waals surface area contributed by atoms with Gasteiger partial charge in [-0.3, -0.25) is 5.32 Å². The molecule has 2 heterocycles. The second-order valence-electron chi connectivity index (χ2n) is 13.5. The first-order chi connectivity index (χ1) is 22.6. The van der Waals surface area contributed by atoms with Gasteiger partial charge in [-0.15, -0.1) is 0 Å². The van der Waals surface area contributed by atoms with Gasteiger partial charge in [-0.1, -0.05) is 117 Å². The van der Waals surface area contributed by atoms with Crippen molar-refractivity contribution in [3.05, 3.63) is 155 Å². The molecule has 46 heavy (non-hydrogen) atoms. The van der Waals surface area contributed by atoms with Crippen molar-refractivity contribution in [2.24, 2.45) is 4.99 Å². The van der Waals surface area contributed by atoms with Gasteiger partial charge < -0.3 is 9.88 Å². The lowest BCUT2D eigenvalue weighted by Gasteiger charge is -2.33. The summed E-state index contributed by atoms with van der Waals surface area (Å²) in [5, 5.41) is 10.2. The van der Waals surface area contributed by atoms with Crippen LogP contribution in [0, 0.1) is 0 Å². The van der Waals surface area contributed by atoms with Crippen LogP contribution in [0.3, 0.4) is 0 Å². The third-order valence-electron chi connectivity index (χ3n) is 10.4. The summed E-state index contributed by atoms with van der Waals surface area (Å²) in [7, 11) is 0. The van der Waals surface area contributed by atoms with Crippen molar-refractivity contribution in [1.82, 2.24) is 15.2 Å². The van der Waals surface area contributed by atoms with Gasteiger partial charge >= 0.3 is 0 Å². The topological polar surface area (TPSA) is 41.4 Å². The summed E-state index contributed by atoms with van der Waals surface area (Å²) in [5.74, 6) is 0.927. The molecule has 4 aromatic carbocycles. The minimum atomic E-state index is -0.0983. The van der Waals surface area contributed by atoms with Crippen LogP contribution in [0.2, 0.25) is 0 Å². The van der Waals surface area contributed by atoms with E-state index in [0.29, 0.717) is 0 Å². The maximum Gasteiger partial charge on any atom is 0.131 e. The highest BCUT2D eigenvalue weighted by Gasteiger charge is 2.40. The molecule has 2 atom stereocenters. The first-order valence-electron chi connectivity index (χ1n) is 16.7. The van der Waals surface area contributed by atoms with Gasteiger partial charge in [-0.25, -0.2) is 4.99 Å². The van der Waals surface area contributed by atoms with Crippen LogP contribution in [0.25, 0.3) is 33.1 Å². The van der Waals surface area contributed by atoms with Crippen LogP contribution in [0.4, 0.5) is 0 Å². The first kappa shape index (κ1) is 27.4. The molecule has 4 aliphatic rings. The molecule has 5 aromatic rings. The van der Waals surface area contributed by atoms with Gasteiger partial charge in [0.1, 0.15) is 18.2 Å². The molecule has 0 radical (unpaired) electrons. The number of rotatable bonds is 4. The number of nitrogens with zero attached hydrogens (tertiary/aromatic N) is 2. The monoisotopic (exact) mass is 598 g/mol. The molecule has 4 heteroatoms. The molecule has 0 bridgehead atoms. The molecule has 226 valence electrons. The summed E-state index contributed by atoms with van der Waals surface area (Å²) in [6.45, 7) is 4.83. The number of aromatic nitrogens is 1. The van der Waals surface area contributed by atoms with E-state index < -0.39 is 0 Å². The van der Waals surface area contributed by atoms with Crippen LogP contribution in [-0.2, 0) is 5.41 Å². The Morgan fingerprint density at radius 1 is 0.826 bits per heavy atom. The van der Waals surface area contributed by atoms with E-state index in [1.165, 1.54) is 60.9 Å². The second kappa shape index (κ2) is 10.6. The van der Waals surface area contributed by atoms with Gasteiger partial charge in [0, 0.05) is 27.4 Å². The molecule has 1 aromatic heterocycles. The van der Waals surface area contributed by atoms with E-state index in [1.807, 2.05) is 0 Å². The number of nitrogens with one attached hydrogen (secondary N) is 2. The Kier molecular flexibility index (Phi) is 6.29. The average molecular weight is 599 g/mol. The third-order valence-corrected chi connectivity index (χ3v) is 10.4. The average Bonchev–Trinajstić information content (AvgIpc) is 3.57. The maximum atomic E-state index is 5.17. The van der Waals surface area contributed by atoms with Gasteiger partial charge in [0.25, 0.3) is 0 Å². The Bertz CT molecular complexity index is 2190. The van der Waals surface area contributed by atoms with Gasteiger partial charge in [0.05, 0.1) is 11.0 Å². The lowest BCUT2D eigenvalue weighted by Crippen LogP contribution is -2.49. The third kappa shape index (κ3) is 4.20. The lowest BCUT2D eigenvalue weighted by molar-refractivity contribution is 0.425. The molecule has 9 rings (SSSR count). The summed E-state index contributed by atoms with van der Waals surface area (Å²) < 4.78 is 2.53. The van der Waals surface area contributed by atoms with Gasteiger partial charge in [0.15, 0.2) is 0 Å². The summed E-state index contributed by atoms with van der Waals surface area (Å²) in [6, 6.07) is 33.2. The zero-order chi connectivity index (χ0) is 30.8. The van der Waals surface area contributed by atoms with E-state index in [-0.39, 0.29) is 17.7 Å². The zero-order valence-electron chi connectivity index (χ0n) is 26.4. The summed E-state index contributed by atoms with van der Waals surface area (Å²) >= 11 is 0. The molecule has 3 aliphatic carbocycles.